The van der Waals surface area contributed by atoms with E-state index in [0.29, 0.717) is 0 Å². The van der Waals surface area contributed by atoms with Crippen molar-refractivity contribution in [3.63, 3.8) is 0 Å². The number of hydrogen-bond donors (Lipinski definition) is 0. The van der Waals surface area contributed by atoms with E-state index in [1.54, 1.807) is 11.1 Å². The molecule has 3 rings (SSSR count). The van der Waals surface area contributed by atoms with E-state index >= 15 is 0 Å². The zero-order valence-electron chi connectivity index (χ0n) is 9.72. The van der Waals surface area contributed by atoms with Crippen molar-refractivity contribution < 1.29 is 4.79 Å². The molecule has 0 heterocycles. The van der Waals surface area contributed by atoms with Gasteiger partial charge in [0.15, 0.2) is 0 Å². The van der Waals surface area contributed by atoms with E-state index in [1.807, 2.05) is 0 Å². The molecule has 1 heteroatoms. The minimum absolute atomic E-state index is 0.982. The Balaban J connectivity index is 2.20. The summed E-state index contributed by atoms with van der Waals surface area (Å²) in [5.41, 5.74) is 6.98. The van der Waals surface area contributed by atoms with Crippen LogP contribution in [0.5, 0.6) is 0 Å². The number of hydrogen-bond acceptors (Lipinski definition) is 1. The van der Waals surface area contributed by atoms with Crippen molar-refractivity contribution in [1.82, 2.24) is 0 Å². The third-order valence-corrected chi connectivity index (χ3v) is 4.15. The SMILES string of the molecule is O=Cc1cc2c(c3c1CCCC3)CCCC2. The largest absolute Gasteiger partial charge is 0.298 e. The molecule has 1 nitrogen and oxygen atoms in total. The van der Waals surface area contributed by atoms with Crippen LogP contribution in [0.2, 0.25) is 0 Å². The average molecular weight is 214 g/mol. The molecule has 0 radical (unpaired) electrons. The Hall–Kier alpha value is -1.11. The van der Waals surface area contributed by atoms with E-state index in [4.69, 9.17) is 0 Å². The van der Waals surface area contributed by atoms with E-state index < -0.39 is 0 Å². The second-order valence-electron chi connectivity index (χ2n) is 5.09. The molecule has 0 unspecified atom stereocenters. The molecule has 0 atom stereocenters. The number of carbonyl (C=O) groups is 1. The summed E-state index contributed by atoms with van der Waals surface area (Å²) in [5.74, 6) is 0. The molecule has 84 valence electrons. The maximum absolute atomic E-state index is 11.2. The van der Waals surface area contributed by atoms with Crippen LogP contribution in [0, 0.1) is 0 Å². The molecule has 0 amide bonds. The second-order valence-corrected chi connectivity index (χ2v) is 5.09. The van der Waals surface area contributed by atoms with Gasteiger partial charge in [0, 0.05) is 5.56 Å². The minimum Gasteiger partial charge on any atom is -0.298 e. The van der Waals surface area contributed by atoms with Gasteiger partial charge in [0.25, 0.3) is 0 Å². The highest BCUT2D eigenvalue weighted by atomic mass is 16.1. The number of carbonyl (C=O) groups excluding carboxylic acids is 1. The molecule has 1 aromatic carbocycles. The van der Waals surface area contributed by atoms with E-state index in [0.717, 1.165) is 18.3 Å². The first kappa shape index (κ1) is 10.1. The highest BCUT2D eigenvalue weighted by Gasteiger charge is 2.21. The van der Waals surface area contributed by atoms with Crippen molar-refractivity contribution in [3.8, 4) is 0 Å². The summed E-state index contributed by atoms with van der Waals surface area (Å²) in [5, 5.41) is 0. The first-order valence-electron chi connectivity index (χ1n) is 6.52. The zero-order valence-corrected chi connectivity index (χ0v) is 9.72. The Morgan fingerprint density at radius 3 is 2.19 bits per heavy atom. The smallest absolute Gasteiger partial charge is 0.150 e. The first-order valence-corrected chi connectivity index (χ1v) is 6.52. The molecule has 0 aliphatic heterocycles. The maximum atomic E-state index is 11.2. The lowest BCUT2D eigenvalue weighted by Crippen LogP contribution is -2.15. The van der Waals surface area contributed by atoms with Crippen LogP contribution in [0.25, 0.3) is 0 Å². The number of benzene rings is 1. The lowest BCUT2D eigenvalue weighted by molar-refractivity contribution is 0.112. The van der Waals surface area contributed by atoms with Crippen LogP contribution in [0.3, 0.4) is 0 Å². The Bertz CT molecular complexity index is 432. The lowest BCUT2D eigenvalue weighted by atomic mass is 9.78. The molecule has 2 aliphatic carbocycles. The van der Waals surface area contributed by atoms with Crippen molar-refractivity contribution in [2.24, 2.45) is 0 Å². The van der Waals surface area contributed by atoms with Gasteiger partial charge in [0.05, 0.1) is 0 Å². The Morgan fingerprint density at radius 1 is 0.812 bits per heavy atom. The highest BCUT2D eigenvalue weighted by molar-refractivity contribution is 5.79. The quantitative estimate of drug-likeness (QED) is 0.656. The van der Waals surface area contributed by atoms with Gasteiger partial charge in [-0.25, -0.2) is 0 Å². The summed E-state index contributed by atoms with van der Waals surface area (Å²) >= 11 is 0. The van der Waals surface area contributed by atoms with Gasteiger partial charge in [-0.2, -0.15) is 0 Å². The van der Waals surface area contributed by atoms with Crippen LogP contribution >= 0.6 is 0 Å². The average Bonchev–Trinajstić information content (AvgIpc) is 2.38. The Morgan fingerprint density at radius 2 is 1.44 bits per heavy atom. The zero-order chi connectivity index (χ0) is 11.0. The van der Waals surface area contributed by atoms with Gasteiger partial charge in [0.2, 0.25) is 0 Å². The summed E-state index contributed by atoms with van der Waals surface area (Å²) in [4.78, 5) is 11.2. The van der Waals surface area contributed by atoms with Gasteiger partial charge in [-0.3, -0.25) is 4.79 Å². The van der Waals surface area contributed by atoms with E-state index in [9.17, 15) is 4.79 Å². The van der Waals surface area contributed by atoms with Gasteiger partial charge >= 0.3 is 0 Å². The van der Waals surface area contributed by atoms with Crippen molar-refractivity contribution in [2.75, 3.05) is 0 Å². The molecular formula is C15H18O. The van der Waals surface area contributed by atoms with Crippen LogP contribution in [-0.2, 0) is 25.7 Å². The maximum Gasteiger partial charge on any atom is 0.150 e. The standard InChI is InChI=1S/C15H18O/c16-10-12-9-11-5-1-2-6-13(11)15-8-4-3-7-14(12)15/h9-10H,1-8H2. The van der Waals surface area contributed by atoms with Crippen molar-refractivity contribution >= 4 is 6.29 Å². The fourth-order valence-corrected chi connectivity index (χ4v) is 3.37. The fourth-order valence-electron chi connectivity index (χ4n) is 3.37. The van der Waals surface area contributed by atoms with Gasteiger partial charge in [-0.05, 0) is 79.7 Å². The van der Waals surface area contributed by atoms with Crippen LogP contribution in [-0.4, -0.2) is 6.29 Å². The number of aryl methyl sites for hydroxylation is 1. The summed E-state index contributed by atoms with van der Waals surface area (Å²) in [6.45, 7) is 0. The molecule has 0 bridgehead atoms. The molecule has 0 fully saturated rings. The van der Waals surface area contributed by atoms with Gasteiger partial charge in [-0.15, -0.1) is 0 Å². The predicted octanol–water partition coefficient (Wildman–Crippen LogP) is 3.26. The number of fused-ring (bicyclic) bond motifs is 3. The van der Waals surface area contributed by atoms with Crippen LogP contribution in [0.1, 0.15) is 58.3 Å². The normalized spacial score (nSPS) is 18.8. The predicted molar refractivity (Wildman–Crippen MR) is 65.1 cm³/mol. The van der Waals surface area contributed by atoms with Crippen molar-refractivity contribution in [1.29, 1.82) is 0 Å². The van der Waals surface area contributed by atoms with Gasteiger partial charge < -0.3 is 0 Å². The minimum atomic E-state index is 0.982. The van der Waals surface area contributed by atoms with Gasteiger partial charge in [-0.1, -0.05) is 0 Å². The van der Waals surface area contributed by atoms with E-state index in [2.05, 4.69) is 6.07 Å². The third-order valence-electron chi connectivity index (χ3n) is 4.15. The summed E-state index contributed by atoms with van der Waals surface area (Å²) in [6.07, 6.45) is 11.0. The molecule has 0 saturated carbocycles. The monoisotopic (exact) mass is 214 g/mol. The van der Waals surface area contributed by atoms with Crippen LogP contribution in [0.15, 0.2) is 6.07 Å². The summed E-state index contributed by atoms with van der Waals surface area (Å²) < 4.78 is 0. The van der Waals surface area contributed by atoms with Crippen LogP contribution < -0.4 is 0 Å². The van der Waals surface area contributed by atoms with E-state index in [1.165, 1.54) is 56.1 Å². The Kier molecular flexibility index (Phi) is 2.55. The second kappa shape index (κ2) is 4.04. The number of aldehydes is 1. The molecule has 2 aliphatic rings. The third kappa shape index (κ3) is 1.50. The summed E-state index contributed by atoms with van der Waals surface area (Å²) in [6, 6.07) is 2.17. The molecule has 0 aromatic heterocycles. The lowest BCUT2D eigenvalue weighted by Gasteiger charge is -2.26. The fraction of sp³-hybridized carbons (Fsp3) is 0.533. The molecule has 1 aromatic rings. The van der Waals surface area contributed by atoms with Crippen molar-refractivity contribution in [3.05, 3.63) is 33.9 Å². The van der Waals surface area contributed by atoms with E-state index in [-0.39, 0.29) is 0 Å². The topological polar surface area (TPSA) is 17.1 Å². The van der Waals surface area contributed by atoms with Gasteiger partial charge in [0.1, 0.15) is 6.29 Å². The molecule has 0 spiro atoms. The summed E-state index contributed by atoms with van der Waals surface area (Å²) in [7, 11) is 0. The molecule has 0 saturated heterocycles. The highest BCUT2D eigenvalue weighted by Crippen LogP contribution is 2.33. The first-order chi connectivity index (χ1) is 7.90. The number of rotatable bonds is 1. The molecule has 0 N–H and O–H groups in total. The van der Waals surface area contributed by atoms with Crippen LogP contribution in [0.4, 0.5) is 0 Å². The molecular weight excluding hydrogens is 196 g/mol. The Labute approximate surface area is 96.9 Å². The van der Waals surface area contributed by atoms with Crippen molar-refractivity contribution in [2.45, 2.75) is 51.4 Å². The molecule has 16 heavy (non-hydrogen) atoms.